The second-order valence-electron chi connectivity index (χ2n) is 5.30. The van der Waals surface area contributed by atoms with Gasteiger partial charge in [0.25, 0.3) is 5.88 Å². The van der Waals surface area contributed by atoms with Crippen LogP contribution < -0.4 is 15.4 Å². The largest absolute Gasteiger partial charge is 0.472 e. The molecule has 1 aliphatic rings. The molecule has 0 aromatic carbocycles. The van der Waals surface area contributed by atoms with E-state index in [1.54, 1.807) is 13.3 Å². The maximum atomic E-state index is 5.46. The summed E-state index contributed by atoms with van der Waals surface area (Å²) >= 11 is 0. The molecule has 0 saturated carbocycles. The van der Waals surface area contributed by atoms with Crippen LogP contribution in [0.25, 0.3) is 0 Å². The topological polar surface area (TPSA) is 98.0 Å². The summed E-state index contributed by atoms with van der Waals surface area (Å²) in [6.45, 7) is 4.94. The van der Waals surface area contributed by atoms with Crippen LogP contribution in [0.4, 0.5) is 5.82 Å². The van der Waals surface area contributed by atoms with Gasteiger partial charge in [-0.15, -0.1) is 0 Å². The summed E-state index contributed by atoms with van der Waals surface area (Å²) in [5, 5.41) is 14.0. The number of piperidine rings is 1. The number of hydrogen-bond acceptors (Lipinski definition) is 8. The smallest absolute Gasteiger partial charge is 0.278 e. The maximum Gasteiger partial charge on any atom is 0.278 e. The van der Waals surface area contributed by atoms with E-state index in [2.05, 4.69) is 35.5 Å². The van der Waals surface area contributed by atoms with E-state index in [4.69, 9.17) is 4.74 Å². The fourth-order valence-electron chi connectivity index (χ4n) is 2.48. The summed E-state index contributed by atoms with van der Waals surface area (Å²) in [6, 6.07) is 2.01. The molecule has 0 spiro atoms. The lowest BCUT2D eigenvalue weighted by Gasteiger charge is -2.22. The number of ether oxygens (including phenoxy) is 1. The number of rotatable bonds is 6. The molecule has 1 atom stereocenters. The first-order valence-corrected chi connectivity index (χ1v) is 7.51. The zero-order chi connectivity index (χ0) is 15.2. The standard InChI is InChI=1S/C14H20N6O2/c1-10-14(20-22-19-10)21-6-5-16-13-7-12(17-9-18-13)11-3-2-4-15-8-11/h7,9,11,15H,2-6,8H2,1H3,(H,16,17,18)/t11-/m1/s1. The van der Waals surface area contributed by atoms with Gasteiger partial charge in [0, 0.05) is 18.5 Å². The van der Waals surface area contributed by atoms with E-state index in [9.17, 15) is 0 Å². The maximum absolute atomic E-state index is 5.46. The molecule has 3 heterocycles. The highest BCUT2D eigenvalue weighted by Gasteiger charge is 2.16. The van der Waals surface area contributed by atoms with Crippen molar-refractivity contribution in [1.29, 1.82) is 0 Å². The minimum atomic E-state index is 0.429. The van der Waals surface area contributed by atoms with E-state index in [1.165, 1.54) is 12.8 Å². The van der Waals surface area contributed by atoms with Crippen LogP contribution in [-0.4, -0.2) is 46.5 Å². The first-order valence-electron chi connectivity index (χ1n) is 7.51. The molecule has 1 saturated heterocycles. The minimum absolute atomic E-state index is 0.429. The minimum Gasteiger partial charge on any atom is -0.472 e. The molecule has 0 bridgehead atoms. The summed E-state index contributed by atoms with van der Waals surface area (Å²) in [5.41, 5.74) is 1.73. The highest BCUT2D eigenvalue weighted by Crippen LogP contribution is 2.22. The van der Waals surface area contributed by atoms with Crippen molar-refractivity contribution in [3.05, 3.63) is 23.8 Å². The van der Waals surface area contributed by atoms with Crippen LogP contribution in [0.15, 0.2) is 17.0 Å². The Morgan fingerprint density at radius 1 is 1.41 bits per heavy atom. The molecule has 1 aliphatic heterocycles. The van der Waals surface area contributed by atoms with Gasteiger partial charge in [-0.2, -0.15) is 0 Å². The third kappa shape index (κ3) is 3.70. The van der Waals surface area contributed by atoms with E-state index in [0.717, 1.165) is 24.6 Å². The summed E-state index contributed by atoms with van der Waals surface area (Å²) in [4.78, 5) is 8.63. The van der Waals surface area contributed by atoms with Crippen molar-refractivity contribution in [2.45, 2.75) is 25.7 Å². The predicted octanol–water partition coefficient (Wildman–Crippen LogP) is 1.13. The molecule has 2 aromatic rings. The summed E-state index contributed by atoms with van der Waals surface area (Å²) in [6.07, 6.45) is 3.97. The zero-order valence-corrected chi connectivity index (χ0v) is 12.6. The van der Waals surface area contributed by atoms with Gasteiger partial charge in [0.15, 0.2) is 0 Å². The van der Waals surface area contributed by atoms with Crippen molar-refractivity contribution in [2.24, 2.45) is 0 Å². The van der Waals surface area contributed by atoms with Crippen LogP contribution in [-0.2, 0) is 0 Å². The molecule has 3 rings (SSSR count). The number of aromatic nitrogens is 4. The van der Waals surface area contributed by atoms with E-state index in [-0.39, 0.29) is 0 Å². The van der Waals surface area contributed by atoms with Gasteiger partial charge in [0.1, 0.15) is 24.4 Å². The fraction of sp³-hybridized carbons (Fsp3) is 0.571. The highest BCUT2D eigenvalue weighted by atomic mass is 16.6. The molecule has 0 radical (unpaired) electrons. The lowest BCUT2D eigenvalue weighted by molar-refractivity contribution is 0.261. The van der Waals surface area contributed by atoms with Gasteiger partial charge in [-0.1, -0.05) is 5.16 Å². The monoisotopic (exact) mass is 304 g/mol. The van der Waals surface area contributed by atoms with Crippen molar-refractivity contribution in [3.63, 3.8) is 0 Å². The Morgan fingerprint density at radius 3 is 3.14 bits per heavy atom. The van der Waals surface area contributed by atoms with Crippen LogP contribution in [0.3, 0.4) is 0 Å². The van der Waals surface area contributed by atoms with E-state index >= 15 is 0 Å². The van der Waals surface area contributed by atoms with Crippen LogP contribution >= 0.6 is 0 Å². The average molecular weight is 304 g/mol. The Hall–Kier alpha value is -2.22. The van der Waals surface area contributed by atoms with Crippen LogP contribution in [0, 0.1) is 6.92 Å². The van der Waals surface area contributed by atoms with Gasteiger partial charge in [0.2, 0.25) is 0 Å². The lowest BCUT2D eigenvalue weighted by Crippen LogP contribution is -2.29. The number of nitrogens with one attached hydrogen (secondary N) is 2. The van der Waals surface area contributed by atoms with Gasteiger partial charge in [-0.3, -0.25) is 0 Å². The van der Waals surface area contributed by atoms with Gasteiger partial charge in [-0.25, -0.2) is 14.6 Å². The summed E-state index contributed by atoms with van der Waals surface area (Å²) in [5.74, 6) is 1.71. The number of anilines is 1. The van der Waals surface area contributed by atoms with Gasteiger partial charge in [-0.05, 0) is 31.5 Å². The average Bonchev–Trinajstić information content (AvgIpc) is 2.98. The molecule has 0 aliphatic carbocycles. The SMILES string of the molecule is Cc1nonc1OCCNc1cc([C@@H]2CCCNC2)ncn1. The van der Waals surface area contributed by atoms with Crippen LogP contribution in [0.1, 0.15) is 30.1 Å². The van der Waals surface area contributed by atoms with E-state index in [0.29, 0.717) is 30.6 Å². The Bertz CT molecular complexity index is 597. The normalized spacial score (nSPS) is 18.1. The molecule has 2 N–H and O–H groups in total. The summed E-state index contributed by atoms with van der Waals surface area (Å²) < 4.78 is 10.0. The number of hydrogen-bond donors (Lipinski definition) is 2. The second-order valence-corrected chi connectivity index (χ2v) is 5.30. The molecule has 8 heteroatoms. The Labute approximate surface area is 128 Å². The number of nitrogens with zero attached hydrogens (tertiary/aromatic N) is 4. The van der Waals surface area contributed by atoms with Crippen molar-refractivity contribution in [2.75, 3.05) is 31.6 Å². The second kappa shape index (κ2) is 7.17. The molecular weight excluding hydrogens is 284 g/mol. The Morgan fingerprint density at radius 2 is 2.36 bits per heavy atom. The van der Waals surface area contributed by atoms with Crippen LogP contribution in [0.2, 0.25) is 0 Å². The predicted molar refractivity (Wildman–Crippen MR) is 79.9 cm³/mol. The van der Waals surface area contributed by atoms with Gasteiger partial charge in [0.05, 0.1) is 12.2 Å². The lowest BCUT2D eigenvalue weighted by atomic mass is 9.96. The Kier molecular flexibility index (Phi) is 4.79. The van der Waals surface area contributed by atoms with E-state index < -0.39 is 0 Å². The summed E-state index contributed by atoms with van der Waals surface area (Å²) in [7, 11) is 0. The molecule has 118 valence electrons. The molecule has 22 heavy (non-hydrogen) atoms. The van der Waals surface area contributed by atoms with Crippen molar-refractivity contribution >= 4 is 5.82 Å². The molecular formula is C14H20N6O2. The third-order valence-electron chi connectivity index (χ3n) is 3.66. The van der Waals surface area contributed by atoms with Crippen molar-refractivity contribution < 1.29 is 9.37 Å². The van der Waals surface area contributed by atoms with Crippen molar-refractivity contribution in [1.82, 2.24) is 25.6 Å². The third-order valence-corrected chi connectivity index (χ3v) is 3.66. The number of aryl methyl sites for hydroxylation is 1. The van der Waals surface area contributed by atoms with Crippen LogP contribution in [0.5, 0.6) is 5.88 Å². The van der Waals surface area contributed by atoms with Crippen molar-refractivity contribution in [3.8, 4) is 5.88 Å². The molecule has 1 fully saturated rings. The quantitative estimate of drug-likeness (QED) is 0.766. The first-order chi connectivity index (χ1) is 10.8. The molecule has 0 unspecified atom stereocenters. The highest BCUT2D eigenvalue weighted by molar-refractivity contribution is 5.36. The fourth-order valence-corrected chi connectivity index (χ4v) is 2.48. The first kappa shape index (κ1) is 14.7. The Balaban J connectivity index is 1.49. The van der Waals surface area contributed by atoms with Gasteiger partial charge >= 0.3 is 0 Å². The molecule has 0 amide bonds. The molecule has 2 aromatic heterocycles. The van der Waals surface area contributed by atoms with Gasteiger partial charge < -0.3 is 15.4 Å². The van der Waals surface area contributed by atoms with E-state index in [1.807, 2.05) is 6.07 Å². The zero-order valence-electron chi connectivity index (χ0n) is 12.6. The molecule has 8 nitrogen and oxygen atoms in total.